The number of rotatable bonds is 5. The lowest BCUT2D eigenvalue weighted by atomic mass is 9.80. The molecule has 2 heteroatoms. The second kappa shape index (κ2) is 7.06. The third-order valence-corrected chi connectivity index (χ3v) is 4.46. The molecular formula is C17H27NO. The Bertz CT molecular complexity index is 402. The molecule has 0 amide bonds. The van der Waals surface area contributed by atoms with Gasteiger partial charge < -0.3 is 10.5 Å². The van der Waals surface area contributed by atoms with E-state index >= 15 is 0 Å². The van der Waals surface area contributed by atoms with Crippen LogP contribution < -0.4 is 5.73 Å². The van der Waals surface area contributed by atoms with Crippen molar-refractivity contribution in [3.63, 3.8) is 0 Å². The molecule has 1 aromatic carbocycles. The van der Waals surface area contributed by atoms with Crippen molar-refractivity contribution in [3.8, 4) is 0 Å². The van der Waals surface area contributed by atoms with Crippen molar-refractivity contribution < 1.29 is 4.74 Å². The van der Waals surface area contributed by atoms with E-state index in [1.165, 1.54) is 42.4 Å². The zero-order valence-electron chi connectivity index (χ0n) is 12.3. The van der Waals surface area contributed by atoms with Gasteiger partial charge >= 0.3 is 0 Å². The summed E-state index contributed by atoms with van der Waals surface area (Å²) in [6.07, 6.45) is 5.26. The normalized spacial score (nSPS) is 23.5. The third kappa shape index (κ3) is 4.05. The average Bonchev–Trinajstić information content (AvgIpc) is 2.43. The van der Waals surface area contributed by atoms with E-state index in [1.807, 2.05) is 0 Å². The van der Waals surface area contributed by atoms with E-state index in [1.54, 1.807) is 0 Å². The van der Waals surface area contributed by atoms with Gasteiger partial charge in [-0.05, 0) is 56.2 Å². The molecule has 1 aliphatic rings. The van der Waals surface area contributed by atoms with Gasteiger partial charge in [0.1, 0.15) is 0 Å². The van der Waals surface area contributed by atoms with Crippen LogP contribution in [0.2, 0.25) is 0 Å². The molecule has 0 saturated heterocycles. The van der Waals surface area contributed by atoms with Crippen molar-refractivity contribution >= 4 is 0 Å². The average molecular weight is 261 g/mol. The van der Waals surface area contributed by atoms with Crippen molar-refractivity contribution in [2.45, 2.75) is 46.1 Å². The van der Waals surface area contributed by atoms with Gasteiger partial charge in [-0.15, -0.1) is 0 Å². The van der Waals surface area contributed by atoms with Gasteiger partial charge in [0.2, 0.25) is 0 Å². The van der Waals surface area contributed by atoms with Crippen LogP contribution in [0.3, 0.4) is 0 Å². The van der Waals surface area contributed by atoms with Crippen LogP contribution in [0.15, 0.2) is 18.2 Å². The summed E-state index contributed by atoms with van der Waals surface area (Å²) < 4.78 is 5.97. The summed E-state index contributed by atoms with van der Waals surface area (Å²) in [7, 11) is 0. The molecule has 2 atom stereocenters. The maximum Gasteiger partial charge on any atom is 0.0719 e. The predicted octanol–water partition coefficient (Wildman–Crippen LogP) is 3.59. The first-order valence-electron chi connectivity index (χ1n) is 7.54. The molecule has 1 aromatic rings. The fourth-order valence-electron chi connectivity index (χ4n) is 3.09. The lowest BCUT2D eigenvalue weighted by molar-refractivity contribution is 0.0510. The number of ether oxygens (including phenoxy) is 1. The topological polar surface area (TPSA) is 35.2 Å². The Morgan fingerprint density at radius 2 is 1.89 bits per heavy atom. The summed E-state index contributed by atoms with van der Waals surface area (Å²) in [5.74, 6) is 1.34. The maximum absolute atomic E-state index is 5.97. The molecule has 19 heavy (non-hydrogen) atoms. The van der Waals surface area contributed by atoms with Crippen LogP contribution in [0.1, 0.15) is 42.4 Å². The smallest absolute Gasteiger partial charge is 0.0719 e. The van der Waals surface area contributed by atoms with Crippen molar-refractivity contribution in [1.29, 1.82) is 0 Å². The first kappa shape index (κ1) is 14.5. The van der Waals surface area contributed by atoms with Crippen molar-refractivity contribution in [2.24, 2.45) is 17.6 Å². The first-order chi connectivity index (χ1) is 9.20. The molecular weight excluding hydrogens is 234 g/mol. The summed E-state index contributed by atoms with van der Waals surface area (Å²) in [6, 6.07) is 6.57. The quantitative estimate of drug-likeness (QED) is 0.879. The Kier molecular flexibility index (Phi) is 5.41. The molecule has 0 aromatic heterocycles. The van der Waals surface area contributed by atoms with Gasteiger partial charge in [0.25, 0.3) is 0 Å². The maximum atomic E-state index is 5.97. The molecule has 0 radical (unpaired) electrons. The SMILES string of the molecule is Cc1ccc(C)c(COCC2CCCCC2CN)c1. The van der Waals surface area contributed by atoms with Gasteiger partial charge in [0, 0.05) is 0 Å². The van der Waals surface area contributed by atoms with Crippen LogP contribution in [-0.4, -0.2) is 13.2 Å². The van der Waals surface area contributed by atoms with E-state index in [0.717, 1.165) is 19.8 Å². The number of benzene rings is 1. The van der Waals surface area contributed by atoms with E-state index in [9.17, 15) is 0 Å². The first-order valence-corrected chi connectivity index (χ1v) is 7.54. The van der Waals surface area contributed by atoms with Gasteiger partial charge in [0.15, 0.2) is 0 Å². The minimum atomic E-state index is 0.670. The molecule has 2 rings (SSSR count). The standard InChI is InChI=1S/C17H27NO/c1-13-7-8-14(2)17(9-13)12-19-11-16-6-4-3-5-15(16)10-18/h7-9,15-16H,3-6,10-12,18H2,1-2H3. The van der Waals surface area contributed by atoms with Gasteiger partial charge in [-0.3, -0.25) is 0 Å². The number of aryl methyl sites for hydroxylation is 2. The zero-order chi connectivity index (χ0) is 13.7. The van der Waals surface area contributed by atoms with Crippen LogP contribution in [0.25, 0.3) is 0 Å². The minimum absolute atomic E-state index is 0.670. The fraction of sp³-hybridized carbons (Fsp3) is 0.647. The largest absolute Gasteiger partial charge is 0.376 e. The van der Waals surface area contributed by atoms with Gasteiger partial charge in [-0.2, -0.15) is 0 Å². The number of hydrogen-bond donors (Lipinski definition) is 1. The van der Waals surface area contributed by atoms with Crippen LogP contribution in [0.5, 0.6) is 0 Å². The summed E-state index contributed by atoms with van der Waals surface area (Å²) in [5, 5.41) is 0. The van der Waals surface area contributed by atoms with Crippen LogP contribution in [-0.2, 0) is 11.3 Å². The fourth-order valence-corrected chi connectivity index (χ4v) is 3.09. The van der Waals surface area contributed by atoms with Crippen LogP contribution in [0, 0.1) is 25.7 Å². The van der Waals surface area contributed by atoms with E-state index in [4.69, 9.17) is 10.5 Å². The van der Waals surface area contributed by atoms with Gasteiger partial charge in [0.05, 0.1) is 13.2 Å². The molecule has 106 valence electrons. The lowest BCUT2D eigenvalue weighted by Crippen LogP contribution is -2.29. The van der Waals surface area contributed by atoms with Crippen LogP contribution in [0.4, 0.5) is 0 Å². The number of nitrogens with two attached hydrogens (primary N) is 1. The molecule has 1 aliphatic carbocycles. The number of hydrogen-bond acceptors (Lipinski definition) is 2. The van der Waals surface area contributed by atoms with Crippen molar-refractivity contribution in [2.75, 3.05) is 13.2 Å². The molecule has 1 saturated carbocycles. The highest BCUT2D eigenvalue weighted by Crippen LogP contribution is 2.29. The Balaban J connectivity index is 1.83. The van der Waals surface area contributed by atoms with Crippen molar-refractivity contribution in [3.05, 3.63) is 34.9 Å². The molecule has 0 spiro atoms. The second-order valence-electron chi connectivity index (χ2n) is 5.99. The van der Waals surface area contributed by atoms with E-state index in [-0.39, 0.29) is 0 Å². The molecule has 0 aliphatic heterocycles. The minimum Gasteiger partial charge on any atom is -0.376 e. The highest BCUT2D eigenvalue weighted by atomic mass is 16.5. The second-order valence-corrected chi connectivity index (χ2v) is 5.99. The van der Waals surface area contributed by atoms with E-state index in [2.05, 4.69) is 32.0 Å². The Labute approximate surface area is 117 Å². The Morgan fingerprint density at radius 3 is 2.63 bits per heavy atom. The van der Waals surface area contributed by atoms with Gasteiger partial charge in [-0.25, -0.2) is 0 Å². The third-order valence-electron chi connectivity index (χ3n) is 4.46. The van der Waals surface area contributed by atoms with Crippen LogP contribution >= 0.6 is 0 Å². The summed E-state index contributed by atoms with van der Waals surface area (Å²) >= 11 is 0. The summed E-state index contributed by atoms with van der Waals surface area (Å²) in [6.45, 7) is 6.71. The lowest BCUT2D eigenvalue weighted by Gasteiger charge is -2.30. The molecule has 2 unspecified atom stereocenters. The zero-order valence-corrected chi connectivity index (χ0v) is 12.3. The van der Waals surface area contributed by atoms with Gasteiger partial charge in [-0.1, -0.05) is 36.6 Å². The highest BCUT2D eigenvalue weighted by molar-refractivity contribution is 5.29. The van der Waals surface area contributed by atoms with Crippen molar-refractivity contribution in [1.82, 2.24) is 0 Å². The molecule has 0 heterocycles. The monoisotopic (exact) mass is 261 g/mol. The molecule has 2 nitrogen and oxygen atoms in total. The Morgan fingerprint density at radius 1 is 1.16 bits per heavy atom. The summed E-state index contributed by atoms with van der Waals surface area (Å²) in [5.41, 5.74) is 9.82. The van der Waals surface area contributed by atoms with E-state index < -0.39 is 0 Å². The highest BCUT2D eigenvalue weighted by Gasteiger charge is 2.23. The predicted molar refractivity (Wildman–Crippen MR) is 80.1 cm³/mol. The molecule has 2 N–H and O–H groups in total. The van der Waals surface area contributed by atoms with E-state index in [0.29, 0.717) is 11.8 Å². The Hall–Kier alpha value is -0.860. The molecule has 1 fully saturated rings. The molecule has 0 bridgehead atoms. The summed E-state index contributed by atoms with van der Waals surface area (Å²) in [4.78, 5) is 0.